The lowest BCUT2D eigenvalue weighted by molar-refractivity contribution is 0.572. The second-order valence-corrected chi connectivity index (χ2v) is 6.74. The van der Waals surface area contributed by atoms with Gasteiger partial charge in [0.15, 0.2) is 5.16 Å². The summed E-state index contributed by atoms with van der Waals surface area (Å²) in [6.45, 7) is 0. The van der Waals surface area contributed by atoms with Gasteiger partial charge in [-0.3, -0.25) is 14.3 Å². The van der Waals surface area contributed by atoms with Crippen molar-refractivity contribution in [2.24, 2.45) is 0 Å². The topological polar surface area (TPSA) is 47.8 Å². The van der Waals surface area contributed by atoms with Crippen molar-refractivity contribution in [3.63, 3.8) is 0 Å². The molecule has 0 saturated heterocycles. The van der Waals surface area contributed by atoms with E-state index >= 15 is 0 Å². The highest BCUT2D eigenvalue weighted by Gasteiger charge is 2.16. The van der Waals surface area contributed by atoms with Crippen molar-refractivity contribution in [1.82, 2.24) is 14.5 Å². The Morgan fingerprint density at radius 2 is 1.89 bits per heavy atom. The Morgan fingerprint density at radius 1 is 1.04 bits per heavy atom. The smallest absolute Gasteiger partial charge is 0.266 e. The molecule has 0 saturated carbocycles. The lowest BCUT2D eigenvalue weighted by atomic mass is 10.2. The summed E-state index contributed by atoms with van der Waals surface area (Å²) in [5.41, 5.74) is 1.03. The molecule has 4 nitrogen and oxygen atoms in total. The number of para-hydroxylation sites is 1. The summed E-state index contributed by atoms with van der Waals surface area (Å²) in [6.07, 6.45) is 3.39. The fourth-order valence-electron chi connectivity index (χ4n) is 2.72. The van der Waals surface area contributed by atoms with Crippen molar-refractivity contribution in [2.45, 2.75) is 10.9 Å². The lowest BCUT2D eigenvalue weighted by Crippen LogP contribution is -2.22. The third-order valence-corrected chi connectivity index (χ3v) is 5.00. The highest BCUT2D eigenvalue weighted by molar-refractivity contribution is 7.98. The van der Waals surface area contributed by atoms with Gasteiger partial charge in [-0.2, -0.15) is 0 Å². The second kappa shape index (κ2) is 7.28. The molecule has 4 rings (SSSR count). The van der Waals surface area contributed by atoms with Crippen LogP contribution < -0.4 is 5.56 Å². The van der Waals surface area contributed by atoms with Crippen molar-refractivity contribution in [3.05, 3.63) is 94.5 Å². The Bertz CT molecular complexity index is 1180. The SMILES string of the molecule is O=c1c2ccccc2nc(SCc2cccnc2)n1-c1ccc(F)cc1F. The zero-order chi connectivity index (χ0) is 18.8. The van der Waals surface area contributed by atoms with Gasteiger partial charge in [0.05, 0.1) is 16.6 Å². The maximum atomic E-state index is 14.4. The van der Waals surface area contributed by atoms with Crippen molar-refractivity contribution in [2.75, 3.05) is 0 Å². The molecule has 0 fully saturated rings. The number of pyridine rings is 1. The molecular weight excluding hydrogens is 368 g/mol. The summed E-state index contributed by atoms with van der Waals surface area (Å²) in [5, 5.41) is 0.694. The van der Waals surface area contributed by atoms with E-state index in [1.165, 1.54) is 22.4 Å². The van der Waals surface area contributed by atoms with Gasteiger partial charge < -0.3 is 0 Å². The number of rotatable bonds is 4. The number of fused-ring (bicyclic) bond motifs is 1. The third kappa shape index (κ3) is 3.46. The Balaban J connectivity index is 1.89. The maximum Gasteiger partial charge on any atom is 0.266 e. The number of benzene rings is 2. The highest BCUT2D eigenvalue weighted by atomic mass is 32.2. The fourth-order valence-corrected chi connectivity index (χ4v) is 3.66. The van der Waals surface area contributed by atoms with E-state index in [1.807, 2.05) is 12.1 Å². The van der Waals surface area contributed by atoms with Gasteiger partial charge in [-0.25, -0.2) is 13.8 Å². The van der Waals surface area contributed by atoms with Crippen LogP contribution in [0.15, 0.2) is 76.9 Å². The number of thioether (sulfide) groups is 1. The first-order valence-corrected chi connectivity index (χ1v) is 9.11. The van der Waals surface area contributed by atoms with Crippen LogP contribution in [-0.2, 0) is 5.75 Å². The fraction of sp³-hybridized carbons (Fsp3) is 0.0500. The van der Waals surface area contributed by atoms with Crippen LogP contribution in [-0.4, -0.2) is 14.5 Å². The van der Waals surface area contributed by atoms with E-state index in [1.54, 1.807) is 36.7 Å². The van der Waals surface area contributed by atoms with E-state index < -0.39 is 17.2 Å². The molecule has 4 aromatic rings. The van der Waals surface area contributed by atoms with E-state index in [9.17, 15) is 13.6 Å². The molecule has 0 spiro atoms. The van der Waals surface area contributed by atoms with Crippen LogP contribution in [0.3, 0.4) is 0 Å². The molecule has 0 atom stereocenters. The van der Waals surface area contributed by atoms with Gasteiger partial charge in [0.25, 0.3) is 5.56 Å². The largest absolute Gasteiger partial charge is 0.268 e. The summed E-state index contributed by atoms with van der Waals surface area (Å²) < 4.78 is 28.9. The Kier molecular flexibility index (Phi) is 4.68. The first kappa shape index (κ1) is 17.4. The molecule has 0 radical (unpaired) electrons. The highest BCUT2D eigenvalue weighted by Crippen LogP contribution is 2.25. The zero-order valence-electron chi connectivity index (χ0n) is 14.0. The predicted molar refractivity (Wildman–Crippen MR) is 101 cm³/mol. The molecule has 0 aliphatic rings. The molecule has 7 heteroatoms. The number of aromatic nitrogens is 3. The molecule has 2 heterocycles. The van der Waals surface area contributed by atoms with Crippen LogP contribution in [0.5, 0.6) is 0 Å². The first-order valence-electron chi connectivity index (χ1n) is 8.12. The van der Waals surface area contributed by atoms with E-state index in [0.717, 1.165) is 17.7 Å². The average Bonchev–Trinajstić information content (AvgIpc) is 2.68. The minimum atomic E-state index is -0.822. The van der Waals surface area contributed by atoms with Gasteiger partial charge in [0, 0.05) is 24.2 Å². The zero-order valence-corrected chi connectivity index (χ0v) is 14.8. The van der Waals surface area contributed by atoms with Crippen LogP contribution in [0.25, 0.3) is 16.6 Å². The second-order valence-electron chi connectivity index (χ2n) is 5.80. The van der Waals surface area contributed by atoms with Gasteiger partial charge >= 0.3 is 0 Å². The molecule has 27 heavy (non-hydrogen) atoms. The molecule has 0 aliphatic heterocycles. The molecule has 0 amide bonds. The lowest BCUT2D eigenvalue weighted by Gasteiger charge is -2.14. The monoisotopic (exact) mass is 381 g/mol. The molecule has 2 aromatic heterocycles. The minimum absolute atomic E-state index is 0.0339. The van der Waals surface area contributed by atoms with Crippen molar-refractivity contribution in [3.8, 4) is 5.69 Å². The number of halogens is 2. The van der Waals surface area contributed by atoms with Crippen LogP contribution in [0.1, 0.15) is 5.56 Å². The predicted octanol–water partition coefficient (Wildman–Crippen LogP) is 4.35. The van der Waals surface area contributed by atoms with Gasteiger partial charge in [0.2, 0.25) is 0 Å². The number of nitrogens with zero attached hydrogens (tertiary/aromatic N) is 3. The van der Waals surface area contributed by atoms with Crippen LogP contribution >= 0.6 is 11.8 Å². The first-order chi connectivity index (χ1) is 13.1. The van der Waals surface area contributed by atoms with Crippen LogP contribution in [0.4, 0.5) is 8.78 Å². The van der Waals surface area contributed by atoms with E-state index in [-0.39, 0.29) is 5.69 Å². The van der Waals surface area contributed by atoms with Crippen molar-refractivity contribution in [1.29, 1.82) is 0 Å². The molecule has 0 unspecified atom stereocenters. The molecule has 2 aromatic carbocycles. The van der Waals surface area contributed by atoms with E-state index in [2.05, 4.69) is 9.97 Å². The standard InChI is InChI=1S/C20H13F2N3OS/c21-14-7-8-18(16(22)10-14)25-19(26)15-5-1-2-6-17(15)24-20(25)27-12-13-4-3-9-23-11-13/h1-11H,12H2. The summed E-state index contributed by atoms with van der Waals surface area (Å²) in [4.78, 5) is 21.6. The van der Waals surface area contributed by atoms with Gasteiger partial charge in [0.1, 0.15) is 11.6 Å². The molecule has 134 valence electrons. The summed E-state index contributed by atoms with van der Waals surface area (Å²) in [7, 11) is 0. The molecule has 0 bridgehead atoms. The quantitative estimate of drug-likeness (QED) is 0.389. The van der Waals surface area contributed by atoms with E-state index in [0.29, 0.717) is 21.8 Å². The Labute approximate surface area is 157 Å². The number of hydrogen-bond donors (Lipinski definition) is 0. The van der Waals surface area contributed by atoms with Crippen LogP contribution in [0, 0.1) is 11.6 Å². The van der Waals surface area contributed by atoms with Crippen molar-refractivity contribution >= 4 is 22.7 Å². The summed E-state index contributed by atoms with van der Waals surface area (Å²) in [5.74, 6) is -1.03. The van der Waals surface area contributed by atoms with Gasteiger partial charge in [-0.1, -0.05) is 30.0 Å². The summed E-state index contributed by atoms with van der Waals surface area (Å²) >= 11 is 1.29. The third-order valence-electron chi connectivity index (χ3n) is 3.99. The van der Waals surface area contributed by atoms with Crippen molar-refractivity contribution < 1.29 is 8.78 Å². The van der Waals surface area contributed by atoms with Crippen LogP contribution in [0.2, 0.25) is 0 Å². The van der Waals surface area contributed by atoms with Gasteiger partial charge in [-0.05, 0) is 35.9 Å². The number of hydrogen-bond acceptors (Lipinski definition) is 4. The maximum absolute atomic E-state index is 14.4. The minimum Gasteiger partial charge on any atom is -0.268 e. The van der Waals surface area contributed by atoms with Gasteiger partial charge in [-0.15, -0.1) is 0 Å². The molecule has 0 N–H and O–H groups in total. The average molecular weight is 381 g/mol. The Hall–Kier alpha value is -3.06. The van der Waals surface area contributed by atoms with E-state index in [4.69, 9.17) is 0 Å². The Morgan fingerprint density at radius 3 is 2.67 bits per heavy atom. The normalized spacial score (nSPS) is 11.0. The molecule has 0 aliphatic carbocycles. The molecular formula is C20H13F2N3OS. The summed E-state index contributed by atoms with van der Waals surface area (Å²) in [6, 6.07) is 13.7.